The van der Waals surface area contributed by atoms with Gasteiger partial charge in [-0.1, -0.05) is 12.1 Å². The van der Waals surface area contributed by atoms with E-state index in [1.807, 2.05) is 30.3 Å². The number of rotatable bonds is 5. The Kier molecular flexibility index (Phi) is 4.94. The summed E-state index contributed by atoms with van der Waals surface area (Å²) in [5.74, 6) is 0.654. The molecule has 0 saturated carbocycles. The van der Waals surface area contributed by atoms with Crippen molar-refractivity contribution in [3.63, 3.8) is 0 Å². The van der Waals surface area contributed by atoms with Gasteiger partial charge in [0.15, 0.2) is 0 Å². The Bertz CT molecular complexity index is 489. The number of amides is 1. The molecule has 0 N–H and O–H groups in total. The fourth-order valence-electron chi connectivity index (χ4n) is 1.75. The number of methoxy groups -OCH3 is 1. The van der Waals surface area contributed by atoms with Crippen LogP contribution in [0.3, 0.4) is 0 Å². The summed E-state index contributed by atoms with van der Waals surface area (Å²) in [6.07, 6.45) is 0.737. The molecule has 1 amide bonds. The number of hydrogen-bond acceptors (Lipinski definition) is 3. The highest BCUT2D eigenvalue weighted by atomic mass is 16.5. The molecule has 0 saturated heterocycles. The average Bonchev–Trinajstić information content (AvgIpc) is 2.44. The van der Waals surface area contributed by atoms with E-state index in [0.29, 0.717) is 6.54 Å². The van der Waals surface area contributed by atoms with E-state index in [9.17, 15) is 4.79 Å². The Morgan fingerprint density at radius 3 is 2.74 bits per heavy atom. The van der Waals surface area contributed by atoms with Crippen molar-refractivity contribution in [2.24, 2.45) is 5.41 Å². The number of nitrogens with zero attached hydrogens (tertiary/aromatic N) is 2. The summed E-state index contributed by atoms with van der Waals surface area (Å²) < 4.78 is 5.16. The maximum absolute atomic E-state index is 12.0. The van der Waals surface area contributed by atoms with Gasteiger partial charge >= 0.3 is 0 Å². The standard InChI is InChI=1S/C15H20N2O2/c1-15(2,11-16)14(18)17(3)9-8-12-6-5-7-13(10-12)19-4/h5-7,10H,8-9H2,1-4H3. The van der Waals surface area contributed by atoms with E-state index in [1.54, 1.807) is 32.9 Å². The highest BCUT2D eigenvalue weighted by molar-refractivity contribution is 5.84. The fourth-order valence-corrected chi connectivity index (χ4v) is 1.75. The first-order valence-electron chi connectivity index (χ1n) is 6.20. The van der Waals surface area contributed by atoms with Gasteiger partial charge in [0.05, 0.1) is 13.2 Å². The third kappa shape index (κ3) is 3.99. The van der Waals surface area contributed by atoms with E-state index in [4.69, 9.17) is 10.00 Å². The topological polar surface area (TPSA) is 53.3 Å². The lowest BCUT2D eigenvalue weighted by molar-refractivity contribution is -0.136. The summed E-state index contributed by atoms with van der Waals surface area (Å²) >= 11 is 0. The molecule has 0 aliphatic carbocycles. The van der Waals surface area contributed by atoms with Crippen molar-refractivity contribution in [1.29, 1.82) is 5.26 Å². The molecule has 1 aromatic rings. The molecule has 0 unspecified atom stereocenters. The van der Waals surface area contributed by atoms with E-state index in [0.717, 1.165) is 17.7 Å². The number of carbonyl (C=O) groups excluding carboxylic acids is 1. The smallest absolute Gasteiger partial charge is 0.242 e. The normalized spacial score (nSPS) is 10.7. The SMILES string of the molecule is COc1cccc(CCN(C)C(=O)C(C)(C)C#N)c1. The van der Waals surface area contributed by atoms with Crippen LogP contribution in [0.15, 0.2) is 24.3 Å². The first-order chi connectivity index (χ1) is 8.90. The van der Waals surface area contributed by atoms with E-state index in [2.05, 4.69) is 0 Å². The van der Waals surface area contributed by atoms with Crippen molar-refractivity contribution in [3.05, 3.63) is 29.8 Å². The minimum atomic E-state index is -0.969. The predicted molar refractivity (Wildman–Crippen MR) is 73.7 cm³/mol. The van der Waals surface area contributed by atoms with Crippen LogP contribution in [0.4, 0.5) is 0 Å². The molecule has 0 aliphatic rings. The summed E-state index contributed by atoms with van der Waals surface area (Å²) in [5.41, 5.74) is 0.136. The molecule has 0 radical (unpaired) electrons. The van der Waals surface area contributed by atoms with Crippen LogP contribution in [0.2, 0.25) is 0 Å². The highest BCUT2D eigenvalue weighted by Gasteiger charge is 2.29. The Hall–Kier alpha value is -2.02. The van der Waals surface area contributed by atoms with E-state index >= 15 is 0 Å². The molecule has 0 heterocycles. The lowest BCUT2D eigenvalue weighted by Crippen LogP contribution is -2.38. The van der Waals surface area contributed by atoms with Crippen LogP contribution in [0.25, 0.3) is 0 Å². The Balaban J connectivity index is 2.62. The highest BCUT2D eigenvalue weighted by Crippen LogP contribution is 2.17. The van der Waals surface area contributed by atoms with Crippen LogP contribution < -0.4 is 4.74 Å². The monoisotopic (exact) mass is 260 g/mol. The molecular formula is C15H20N2O2. The summed E-state index contributed by atoms with van der Waals surface area (Å²) in [6, 6.07) is 9.79. The van der Waals surface area contributed by atoms with Gasteiger partial charge in [-0.25, -0.2) is 0 Å². The van der Waals surface area contributed by atoms with Gasteiger partial charge in [0, 0.05) is 13.6 Å². The lowest BCUT2D eigenvalue weighted by atomic mass is 9.94. The van der Waals surface area contributed by atoms with Gasteiger partial charge in [-0.15, -0.1) is 0 Å². The van der Waals surface area contributed by atoms with Crippen LogP contribution in [-0.2, 0) is 11.2 Å². The lowest BCUT2D eigenvalue weighted by Gasteiger charge is -2.24. The summed E-state index contributed by atoms with van der Waals surface area (Å²) in [7, 11) is 3.35. The fraction of sp³-hybridized carbons (Fsp3) is 0.467. The van der Waals surface area contributed by atoms with Gasteiger partial charge in [0.2, 0.25) is 5.91 Å². The van der Waals surface area contributed by atoms with E-state index in [1.165, 1.54) is 0 Å². The average molecular weight is 260 g/mol. The second-order valence-electron chi connectivity index (χ2n) is 5.07. The molecule has 0 aliphatic heterocycles. The number of benzene rings is 1. The number of nitriles is 1. The molecule has 0 atom stereocenters. The van der Waals surface area contributed by atoms with E-state index < -0.39 is 5.41 Å². The molecule has 102 valence electrons. The van der Waals surface area contributed by atoms with Crippen molar-refractivity contribution in [2.75, 3.05) is 20.7 Å². The summed E-state index contributed by atoms with van der Waals surface area (Å²) in [4.78, 5) is 13.6. The van der Waals surface area contributed by atoms with Crippen molar-refractivity contribution >= 4 is 5.91 Å². The third-order valence-corrected chi connectivity index (χ3v) is 3.03. The number of carbonyl (C=O) groups is 1. The Morgan fingerprint density at radius 2 is 2.16 bits per heavy atom. The van der Waals surface area contributed by atoms with Gasteiger partial charge in [0.1, 0.15) is 11.2 Å². The zero-order valence-corrected chi connectivity index (χ0v) is 11.9. The quantitative estimate of drug-likeness (QED) is 0.816. The van der Waals surface area contributed by atoms with Crippen LogP contribution in [0, 0.1) is 16.7 Å². The molecule has 0 bridgehead atoms. The van der Waals surface area contributed by atoms with Gasteiger partial charge in [-0.3, -0.25) is 4.79 Å². The predicted octanol–water partition coefficient (Wildman–Crippen LogP) is 2.25. The molecular weight excluding hydrogens is 240 g/mol. The number of likely N-dealkylation sites (N-methyl/N-ethyl adjacent to an activating group) is 1. The molecule has 4 nitrogen and oxygen atoms in total. The number of hydrogen-bond donors (Lipinski definition) is 0. The second kappa shape index (κ2) is 6.24. The Morgan fingerprint density at radius 1 is 1.47 bits per heavy atom. The van der Waals surface area contributed by atoms with Crippen molar-refractivity contribution in [2.45, 2.75) is 20.3 Å². The van der Waals surface area contributed by atoms with Crippen molar-refractivity contribution < 1.29 is 9.53 Å². The maximum Gasteiger partial charge on any atom is 0.242 e. The zero-order chi connectivity index (χ0) is 14.5. The van der Waals surface area contributed by atoms with Crippen molar-refractivity contribution in [3.8, 4) is 11.8 Å². The van der Waals surface area contributed by atoms with Crippen LogP contribution in [-0.4, -0.2) is 31.5 Å². The molecule has 0 aromatic heterocycles. The minimum Gasteiger partial charge on any atom is -0.497 e. The summed E-state index contributed by atoms with van der Waals surface area (Å²) in [6.45, 7) is 3.85. The van der Waals surface area contributed by atoms with Gasteiger partial charge < -0.3 is 9.64 Å². The third-order valence-electron chi connectivity index (χ3n) is 3.03. The Labute approximate surface area is 114 Å². The molecule has 4 heteroatoms. The van der Waals surface area contributed by atoms with Crippen molar-refractivity contribution in [1.82, 2.24) is 4.90 Å². The molecule has 0 fully saturated rings. The second-order valence-corrected chi connectivity index (χ2v) is 5.07. The molecule has 19 heavy (non-hydrogen) atoms. The van der Waals surface area contributed by atoms with Gasteiger partial charge in [-0.05, 0) is 38.0 Å². The molecule has 1 rings (SSSR count). The largest absolute Gasteiger partial charge is 0.497 e. The van der Waals surface area contributed by atoms with Crippen LogP contribution >= 0.6 is 0 Å². The number of ether oxygens (including phenoxy) is 1. The van der Waals surface area contributed by atoms with Gasteiger partial charge in [-0.2, -0.15) is 5.26 Å². The molecule has 0 spiro atoms. The summed E-state index contributed by atoms with van der Waals surface area (Å²) in [5, 5.41) is 8.95. The van der Waals surface area contributed by atoms with Crippen LogP contribution in [0.1, 0.15) is 19.4 Å². The van der Waals surface area contributed by atoms with Gasteiger partial charge in [0.25, 0.3) is 0 Å². The molecule has 1 aromatic carbocycles. The minimum absolute atomic E-state index is 0.155. The maximum atomic E-state index is 12.0. The van der Waals surface area contributed by atoms with E-state index in [-0.39, 0.29) is 5.91 Å². The van der Waals surface area contributed by atoms with Crippen LogP contribution in [0.5, 0.6) is 5.75 Å². The first kappa shape index (κ1) is 15.0. The first-order valence-corrected chi connectivity index (χ1v) is 6.20. The zero-order valence-electron chi connectivity index (χ0n) is 11.9.